The van der Waals surface area contributed by atoms with Crippen molar-refractivity contribution in [1.82, 2.24) is 0 Å². The minimum absolute atomic E-state index is 0.249. The molecule has 1 N–H and O–H groups in total. The SMILES string of the molecule is COc1ccc2c(Cl)c(C(=O)OCC(=O)Nc3ccc(N(c4ccccc4)C(C)C)cc3)sc2c1. The van der Waals surface area contributed by atoms with E-state index < -0.39 is 18.5 Å². The van der Waals surface area contributed by atoms with Gasteiger partial charge in [0.2, 0.25) is 0 Å². The zero-order valence-corrected chi connectivity index (χ0v) is 21.2. The van der Waals surface area contributed by atoms with Crippen LogP contribution in [0.5, 0.6) is 5.75 Å². The van der Waals surface area contributed by atoms with Gasteiger partial charge in [0.05, 0.1) is 12.1 Å². The maximum Gasteiger partial charge on any atom is 0.350 e. The molecule has 0 saturated carbocycles. The van der Waals surface area contributed by atoms with E-state index in [9.17, 15) is 9.59 Å². The number of ether oxygens (including phenoxy) is 2. The van der Waals surface area contributed by atoms with E-state index in [-0.39, 0.29) is 10.9 Å². The van der Waals surface area contributed by atoms with Crippen LogP contribution in [0.1, 0.15) is 23.5 Å². The van der Waals surface area contributed by atoms with E-state index in [1.807, 2.05) is 42.5 Å². The van der Waals surface area contributed by atoms with Crippen molar-refractivity contribution >= 4 is 62.0 Å². The molecule has 0 aliphatic heterocycles. The molecule has 0 aliphatic rings. The number of para-hydroxylation sites is 1. The monoisotopic (exact) mass is 508 g/mol. The summed E-state index contributed by atoms with van der Waals surface area (Å²) in [5.74, 6) is -0.411. The second-order valence-corrected chi connectivity index (χ2v) is 9.51. The van der Waals surface area contributed by atoms with Gasteiger partial charge in [0, 0.05) is 33.2 Å². The van der Waals surface area contributed by atoms with Crippen LogP contribution in [-0.4, -0.2) is 31.6 Å². The van der Waals surface area contributed by atoms with Crippen LogP contribution in [-0.2, 0) is 9.53 Å². The molecular weight excluding hydrogens is 484 g/mol. The molecule has 1 aromatic heterocycles. The number of nitrogens with one attached hydrogen (secondary N) is 1. The summed E-state index contributed by atoms with van der Waals surface area (Å²) in [7, 11) is 1.57. The summed E-state index contributed by atoms with van der Waals surface area (Å²) in [6.45, 7) is 3.82. The second kappa shape index (κ2) is 10.8. The predicted octanol–water partition coefficient (Wildman–Crippen LogP) is 6.91. The number of hydrogen-bond donors (Lipinski definition) is 1. The summed E-state index contributed by atoms with van der Waals surface area (Å²) in [5, 5.41) is 3.80. The zero-order valence-electron chi connectivity index (χ0n) is 19.6. The molecule has 8 heteroatoms. The van der Waals surface area contributed by atoms with Crippen LogP contribution < -0.4 is 15.0 Å². The third kappa shape index (κ3) is 5.58. The molecule has 1 amide bonds. The van der Waals surface area contributed by atoms with Crippen LogP contribution in [0, 0.1) is 0 Å². The highest BCUT2D eigenvalue weighted by molar-refractivity contribution is 7.21. The maximum atomic E-state index is 12.6. The third-order valence-corrected chi connectivity index (χ3v) is 6.97. The number of anilines is 3. The van der Waals surface area contributed by atoms with E-state index >= 15 is 0 Å². The fourth-order valence-electron chi connectivity index (χ4n) is 3.74. The number of esters is 1. The molecule has 180 valence electrons. The number of nitrogens with zero attached hydrogens (tertiary/aromatic N) is 1. The smallest absolute Gasteiger partial charge is 0.350 e. The Bertz CT molecular complexity index is 1340. The fourth-order valence-corrected chi connectivity index (χ4v) is 5.17. The average molecular weight is 509 g/mol. The summed E-state index contributed by atoms with van der Waals surface area (Å²) in [6.07, 6.45) is 0. The number of amides is 1. The van der Waals surface area contributed by atoms with E-state index in [2.05, 4.69) is 36.2 Å². The quantitative estimate of drug-likeness (QED) is 0.262. The van der Waals surface area contributed by atoms with Crippen molar-refractivity contribution in [2.24, 2.45) is 0 Å². The molecule has 3 aromatic carbocycles. The van der Waals surface area contributed by atoms with Crippen molar-refractivity contribution in [2.45, 2.75) is 19.9 Å². The normalized spacial score (nSPS) is 10.9. The third-order valence-electron chi connectivity index (χ3n) is 5.34. The molecule has 1 heterocycles. The molecule has 0 atom stereocenters. The van der Waals surface area contributed by atoms with E-state index in [0.717, 1.165) is 21.5 Å². The lowest BCUT2D eigenvalue weighted by Gasteiger charge is -2.29. The summed E-state index contributed by atoms with van der Waals surface area (Å²) in [5.41, 5.74) is 2.70. The van der Waals surface area contributed by atoms with Crippen molar-refractivity contribution in [3.8, 4) is 5.75 Å². The number of methoxy groups -OCH3 is 1. The van der Waals surface area contributed by atoms with Crippen molar-refractivity contribution in [3.05, 3.63) is 82.7 Å². The van der Waals surface area contributed by atoms with Crippen LogP contribution in [0.3, 0.4) is 0 Å². The Morgan fingerprint density at radius 3 is 2.34 bits per heavy atom. The first kappa shape index (κ1) is 24.6. The van der Waals surface area contributed by atoms with Gasteiger partial charge in [-0.2, -0.15) is 0 Å². The summed E-state index contributed by atoms with van der Waals surface area (Å²) < 4.78 is 11.2. The van der Waals surface area contributed by atoms with E-state index in [1.165, 1.54) is 11.3 Å². The first-order chi connectivity index (χ1) is 16.9. The number of rotatable bonds is 8. The number of hydrogen-bond acceptors (Lipinski definition) is 6. The van der Waals surface area contributed by atoms with Gasteiger partial charge in [-0.1, -0.05) is 29.8 Å². The van der Waals surface area contributed by atoms with Gasteiger partial charge < -0.3 is 19.7 Å². The average Bonchev–Trinajstić information content (AvgIpc) is 3.20. The second-order valence-electron chi connectivity index (χ2n) is 8.08. The molecule has 0 saturated heterocycles. The Balaban J connectivity index is 1.38. The van der Waals surface area contributed by atoms with Gasteiger partial charge in [-0.05, 0) is 68.4 Å². The Hall–Kier alpha value is -3.55. The maximum absolute atomic E-state index is 12.6. The van der Waals surface area contributed by atoms with E-state index in [0.29, 0.717) is 16.5 Å². The van der Waals surface area contributed by atoms with Crippen LogP contribution in [0.4, 0.5) is 17.1 Å². The van der Waals surface area contributed by atoms with Gasteiger partial charge >= 0.3 is 5.97 Å². The van der Waals surface area contributed by atoms with Crippen LogP contribution in [0.2, 0.25) is 5.02 Å². The summed E-state index contributed by atoms with van der Waals surface area (Å²) in [6, 6.07) is 23.3. The van der Waals surface area contributed by atoms with Crippen LogP contribution >= 0.6 is 22.9 Å². The number of fused-ring (bicyclic) bond motifs is 1. The molecule has 4 aromatic rings. The van der Waals surface area contributed by atoms with Crippen molar-refractivity contribution in [1.29, 1.82) is 0 Å². The molecule has 0 bridgehead atoms. The Morgan fingerprint density at radius 1 is 1.00 bits per heavy atom. The highest BCUT2D eigenvalue weighted by atomic mass is 35.5. The number of carbonyl (C=O) groups excluding carboxylic acids is 2. The van der Waals surface area contributed by atoms with Gasteiger partial charge in [0.25, 0.3) is 5.91 Å². The molecule has 0 radical (unpaired) electrons. The minimum atomic E-state index is -0.642. The number of thiophene rings is 1. The largest absolute Gasteiger partial charge is 0.497 e. The molecule has 0 aliphatic carbocycles. The molecule has 0 fully saturated rings. The number of halogens is 1. The molecule has 6 nitrogen and oxygen atoms in total. The van der Waals surface area contributed by atoms with Crippen molar-refractivity contribution in [2.75, 3.05) is 23.9 Å². The summed E-state index contributed by atoms with van der Waals surface area (Å²) >= 11 is 7.56. The highest BCUT2D eigenvalue weighted by Gasteiger charge is 2.20. The molecule has 0 unspecified atom stereocenters. The lowest BCUT2D eigenvalue weighted by molar-refractivity contribution is -0.119. The topological polar surface area (TPSA) is 67.9 Å². The Labute approximate surface area is 213 Å². The Kier molecular flexibility index (Phi) is 7.58. The lowest BCUT2D eigenvalue weighted by Crippen LogP contribution is -2.25. The first-order valence-electron chi connectivity index (χ1n) is 11.0. The molecule has 35 heavy (non-hydrogen) atoms. The molecule has 0 spiro atoms. The van der Waals surface area contributed by atoms with Gasteiger partial charge in [0.1, 0.15) is 10.6 Å². The van der Waals surface area contributed by atoms with Crippen molar-refractivity contribution in [3.63, 3.8) is 0 Å². The number of carbonyl (C=O) groups is 2. The zero-order chi connectivity index (χ0) is 24.9. The predicted molar refractivity (Wildman–Crippen MR) is 142 cm³/mol. The van der Waals surface area contributed by atoms with Gasteiger partial charge in [-0.15, -0.1) is 11.3 Å². The van der Waals surface area contributed by atoms with E-state index in [4.69, 9.17) is 21.1 Å². The Morgan fingerprint density at radius 2 is 1.69 bits per heavy atom. The van der Waals surface area contributed by atoms with Gasteiger partial charge in [-0.3, -0.25) is 4.79 Å². The van der Waals surface area contributed by atoms with Crippen LogP contribution in [0.25, 0.3) is 10.1 Å². The first-order valence-corrected chi connectivity index (χ1v) is 12.2. The van der Waals surface area contributed by atoms with Crippen molar-refractivity contribution < 1.29 is 19.1 Å². The van der Waals surface area contributed by atoms with E-state index in [1.54, 1.807) is 25.3 Å². The number of benzene rings is 3. The summed E-state index contributed by atoms with van der Waals surface area (Å²) in [4.78, 5) is 27.4. The fraction of sp³-hybridized carbons (Fsp3) is 0.185. The van der Waals surface area contributed by atoms with Crippen LogP contribution in [0.15, 0.2) is 72.8 Å². The highest BCUT2D eigenvalue weighted by Crippen LogP contribution is 2.37. The van der Waals surface area contributed by atoms with Gasteiger partial charge in [0.15, 0.2) is 6.61 Å². The molecule has 4 rings (SSSR count). The molecular formula is C27H25ClN2O4S. The van der Waals surface area contributed by atoms with Gasteiger partial charge in [-0.25, -0.2) is 4.79 Å². The standard InChI is InChI=1S/C27H25ClN2O4S/c1-17(2)30(19-7-5-4-6-8-19)20-11-9-18(10-12-20)29-24(31)16-34-27(32)26-25(28)22-14-13-21(33-3)15-23(22)35-26/h4-15,17H,16H2,1-3H3,(H,29,31). The lowest BCUT2D eigenvalue weighted by atomic mass is 10.2. The minimum Gasteiger partial charge on any atom is -0.497 e.